The minimum Gasteiger partial charge on any atom is -0.354 e. The van der Waals surface area contributed by atoms with E-state index >= 15 is 0 Å². The number of hydrogen-bond donors (Lipinski definition) is 1. The van der Waals surface area contributed by atoms with Gasteiger partial charge in [0.2, 0.25) is 21.8 Å². The fourth-order valence-electron chi connectivity index (χ4n) is 3.42. The van der Waals surface area contributed by atoms with Crippen LogP contribution in [0.5, 0.6) is 0 Å². The Bertz CT molecular complexity index is 1090. The van der Waals surface area contributed by atoms with E-state index in [1.807, 2.05) is 51.1 Å². The number of nitrogens with one attached hydrogen (secondary N) is 1. The van der Waals surface area contributed by atoms with Gasteiger partial charge in [0.15, 0.2) is 0 Å². The molecule has 0 aliphatic carbocycles. The summed E-state index contributed by atoms with van der Waals surface area (Å²) in [6, 6.07) is 14.0. The molecule has 0 aromatic heterocycles. The summed E-state index contributed by atoms with van der Waals surface area (Å²) in [5, 5.41) is 2.87. The van der Waals surface area contributed by atoms with Crippen LogP contribution in [-0.4, -0.2) is 57.1 Å². The summed E-state index contributed by atoms with van der Waals surface area (Å²) < 4.78 is 27.2. The largest absolute Gasteiger partial charge is 0.354 e. The Morgan fingerprint density at radius 2 is 1.71 bits per heavy atom. The minimum atomic E-state index is -3.74. The van der Waals surface area contributed by atoms with Crippen LogP contribution in [0, 0.1) is 12.8 Å². The third kappa shape index (κ3) is 8.13. The van der Waals surface area contributed by atoms with Crippen LogP contribution in [0.1, 0.15) is 31.9 Å². The fourth-order valence-corrected chi connectivity index (χ4v) is 4.51. The molecule has 0 fully saturated rings. The number of benzene rings is 2. The average Bonchev–Trinajstić information content (AvgIpc) is 2.77. The van der Waals surface area contributed by atoms with Gasteiger partial charge in [-0.05, 0) is 55.5 Å². The fraction of sp³-hybridized carbons (Fsp3) is 0.440. The van der Waals surface area contributed by atoms with Gasteiger partial charge < -0.3 is 10.2 Å². The number of hydrogen-bond acceptors (Lipinski definition) is 4. The second-order valence-electron chi connectivity index (χ2n) is 8.84. The Balaban J connectivity index is 2.31. The molecule has 0 aliphatic rings. The van der Waals surface area contributed by atoms with E-state index in [1.54, 1.807) is 25.1 Å². The quantitative estimate of drug-likeness (QED) is 0.460. The lowest BCUT2D eigenvalue weighted by Crippen LogP contribution is -2.52. The predicted molar refractivity (Wildman–Crippen MR) is 140 cm³/mol. The van der Waals surface area contributed by atoms with Gasteiger partial charge in [-0.2, -0.15) is 0 Å². The standard InChI is InChI=1S/C25H34BrN3O4S/c1-18(2)16-27-25(31)20(4)28(14-13-21-9-7-6-8-10-21)24(30)17-29(34(5,32)33)22-11-12-23(26)19(3)15-22/h6-12,15,18,20H,13-14,16-17H2,1-5H3,(H,27,31). The molecule has 0 heterocycles. The molecule has 0 radical (unpaired) electrons. The highest BCUT2D eigenvalue weighted by atomic mass is 79.9. The third-order valence-electron chi connectivity index (χ3n) is 5.44. The van der Waals surface area contributed by atoms with Crippen LogP contribution < -0.4 is 9.62 Å². The second kappa shape index (κ2) is 12.4. The molecule has 7 nitrogen and oxygen atoms in total. The number of aryl methyl sites for hydroxylation is 1. The number of anilines is 1. The van der Waals surface area contributed by atoms with Crippen molar-refractivity contribution in [1.29, 1.82) is 0 Å². The molecular formula is C25H34BrN3O4S. The van der Waals surface area contributed by atoms with Crippen molar-refractivity contribution in [1.82, 2.24) is 10.2 Å². The molecule has 0 saturated carbocycles. The smallest absolute Gasteiger partial charge is 0.244 e. The van der Waals surface area contributed by atoms with Crippen LogP contribution >= 0.6 is 15.9 Å². The Labute approximate surface area is 211 Å². The summed E-state index contributed by atoms with van der Waals surface area (Å²) in [4.78, 5) is 27.7. The number of amides is 2. The van der Waals surface area contributed by atoms with E-state index < -0.39 is 28.5 Å². The first kappa shape index (κ1) is 27.9. The van der Waals surface area contributed by atoms with Crippen LogP contribution in [0.4, 0.5) is 5.69 Å². The van der Waals surface area contributed by atoms with E-state index in [0.717, 1.165) is 26.2 Å². The maximum absolute atomic E-state index is 13.5. The first-order valence-corrected chi connectivity index (χ1v) is 13.9. The second-order valence-corrected chi connectivity index (χ2v) is 11.6. The van der Waals surface area contributed by atoms with Crippen molar-refractivity contribution < 1.29 is 18.0 Å². The molecule has 2 aromatic rings. The topological polar surface area (TPSA) is 86.8 Å². The van der Waals surface area contributed by atoms with Crippen LogP contribution in [0.15, 0.2) is 53.0 Å². The summed E-state index contributed by atoms with van der Waals surface area (Å²) in [5.74, 6) is -0.430. The molecule has 34 heavy (non-hydrogen) atoms. The van der Waals surface area contributed by atoms with Crippen molar-refractivity contribution in [3.63, 3.8) is 0 Å². The molecule has 0 spiro atoms. The van der Waals surface area contributed by atoms with E-state index in [-0.39, 0.29) is 18.4 Å². The molecule has 2 amide bonds. The molecule has 9 heteroatoms. The molecule has 1 atom stereocenters. The van der Waals surface area contributed by atoms with Crippen LogP contribution in [0.3, 0.4) is 0 Å². The van der Waals surface area contributed by atoms with E-state index in [9.17, 15) is 18.0 Å². The van der Waals surface area contributed by atoms with Crippen molar-refractivity contribution in [3.05, 3.63) is 64.1 Å². The normalized spacial score (nSPS) is 12.3. The average molecular weight is 553 g/mol. The molecule has 2 rings (SSSR count). The SMILES string of the molecule is Cc1cc(N(CC(=O)N(CCc2ccccc2)C(C)C(=O)NCC(C)C)S(C)(=O)=O)ccc1Br. The van der Waals surface area contributed by atoms with Gasteiger partial charge in [0.05, 0.1) is 11.9 Å². The van der Waals surface area contributed by atoms with Crippen LogP contribution in [-0.2, 0) is 26.0 Å². The lowest BCUT2D eigenvalue weighted by Gasteiger charge is -2.31. The summed E-state index contributed by atoms with van der Waals surface area (Å²) in [6.45, 7) is 7.90. The van der Waals surface area contributed by atoms with Gasteiger partial charge in [0, 0.05) is 17.6 Å². The minimum absolute atomic E-state index is 0.263. The zero-order valence-corrected chi connectivity index (χ0v) is 22.8. The molecular weight excluding hydrogens is 518 g/mol. The van der Waals surface area contributed by atoms with Gasteiger partial charge in [0.25, 0.3) is 0 Å². The summed E-state index contributed by atoms with van der Waals surface area (Å²) in [5.41, 5.74) is 2.27. The van der Waals surface area contributed by atoms with Gasteiger partial charge >= 0.3 is 0 Å². The molecule has 0 aliphatic heterocycles. The maximum Gasteiger partial charge on any atom is 0.244 e. The predicted octanol–water partition coefficient (Wildman–Crippen LogP) is 3.76. The number of halogens is 1. The summed E-state index contributed by atoms with van der Waals surface area (Å²) in [7, 11) is -3.74. The maximum atomic E-state index is 13.5. The van der Waals surface area contributed by atoms with E-state index in [4.69, 9.17) is 0 Å². The zero-order valence-electron chi connectivity index (χ0n) is 20.4. The highest BCUT2D eigenvalue weighted by molar-refractivity contribution is 9.10. The van der Waals surface area contributed by atoms with Gasteiger partial charge in [-0.25, -0.2) is 8.42 Å². The monoisotopic (exact) mass is 551 g/mol. The molecule has 1 unspecified atom stereocenters. The number of carbonyl (C=O) groups is 2. The van der Waals surface area contributed by atoms with E-state index in [1.165, 1.54) is 4.90 Å². The molecule has 0 bridgehead atoms. The highest BCUT2D eigenvalue weighted by Gasteiger charge is 2.29. The van der Waals surface area contributed by atoms with Gasteiger partial charge in [-0.3, -0.25) is 13.9 Å². The van der Waals surface area contributed by atoms with Gasteiger partial charge in [0.1, 0.15) is 12.6 Å². The Kier molecular flexibility index (Phi) is 10.1. The number of sulfonamides is 1. The molecule has 186 valence electrons. The Morgan fingerprint density at radius 1 is 1.06 bits per heavy atom. The van der Waals surface area contributed by atoms with Crippen molar-refractivity contribution in [2.24, 2.45) is 5.92 Å². The van der Waals surface area contributed by atoms with E-state index in [2.05, 4.69) is 21.2 Å². The highest BCUT2D eigenvalue weighted by Crippen LogP contribution is 2.25. The first-order valence-electron chi connectivity index (χ1n) is 11.2. The Hall–Kier alpha value is -2.39. The first-order chi connectivity index (χ1) is 15.9. The third-order valence-corrected chi connectivity index (χ3v) is 7.48. The van der Waals surface area contributed by atoms with Crippen molar-refractivity contribution in [3.8, 4) is 0 Å². The van der Waals surface area contributed by atoms with Gasteiger partial charge in [-0.1, -0.05) is 60.1 Å². The summed E-state index contributed by atoms with van der Waals surface area (Å²) >= 11 is 3.42. The van der Waals surface area contributed by atoms with E-state index in [0.29, 0.717) is 18.7 Å². The van der Waals surface area contributed by atoms with Gasteiger partial charge in [-0.15, -0.1) is 0 Å². The number of rotatable bonds is 11. The molecule has 0 saturated heterocycles. The lowest BCUT2D eigenvalue weighted by molar-refractivity contribution is -0.138. The summed E-state index contributed by atoms with van der Waals surface area (Å²) in [6.07, 6.45) is 1.62. The van der Waals surface area contributed by atoms with Crippen molar-refractivity contribution >= 4 is 43.5 Å². The van der Waals surface area contributed by atoms with Crippen molar-refractivity contribution in [2.45, 2.75) is 40.2 Å². The van der Waals surface area contributed by atoms with Crippen molar-refractivity contribution in [2.75, 3.05) is 30.2 Å². The molecule has 1 N–H and O–H groups in total. The molecule has 2 aromatic carbocycles. The lowest BCUT2D eigenvalue weighted by atomic mass is 10.1. The zero-order chi connectivity index (χ0) is 25.5. The number of carbonyl (C=O) groups excluding carboxylic acids is 2. The van der Waals surface area contributed by atoms with Crippen LogP contribution in [0.2, 0.25) is 0 Å². The van der Waals surface area contributed by atoms with Crippen LogP contribution in [0.25, 0.3) is 0 Å². The Morgan fingerprint density at radius 3 is 2.26 bits per heavy atom. The number of nitrogens with zero attached hydrogens (tertiary/aromatic N) is 2.